The lowest BCUT2D eigenvalue weighted by molar-refractivity contribution is -0.119. The van der Waals surface area contributed by atoms with Crippen LogP contribution in [-0.4, -0.2) is 36.1 Å². The summed E-state index contributed by atoms with van der Waals surface area (Å²) in [4.78, 5) is 24.4. The summed E-state index contributed by atoms with van der Waals surface area (Å²) in [7, 11) is 1.74. The van der Waals surface area contributed by atoms with Crippen LogP contribution < -0.4 is 10.6 Å². The summed E-state index contributed by atoms with van der Waals surface area (Å²) in [5.41, 5.74) is 4.76. The number of nitrogens with zero attached hydrogens (tertiary/aromatic N) is 1. The monoisotopic (exact) mass is 503 g/mol. The molecular weight excluding hydrogens is 458 g/mol. The number of amides is 1. The van der Waals surface area contributed by atoms with Crippen molar-refractivity contribution in [3.63, 3.8) is 0 Å². The first-order chi connectivity index (χ1) is 16.8. The molecule has 0 spiro atoms. The third-order valence-electron chi connectivity index (χ3n) is 3.86. The third kappa shape index (κ3) is 24.2. The first-order valence-corrected chi connectivity index (χ1v) is 12.5. The molecule has 1 aliphatic rings. The van der Waals surface area contributed by atoms with E-state index in [2.05, 4.69) is 46.8 Å². The average molecular weight is 504 g/mol. The number of hydrogen-bond acceptors (Lipinski definition) is 4. The highest BCUT2D eigenvalue weighted by Crippen LogP contribution is 2.19. The Morgan fingerprint density at radius 1 is 1.17 bits per heavy atom. The maximum Gasteiger partial charge on any atom is 0.238 e. The van der Waals surface area contributed by atoms with E-state index < -0.39 is 0 Å². The average Bonchev–Trinajstić information content (AvgIpc) is 3.11. The van der Waals surface area contributed by atoms with Crippen LogP contribution in [0.5, 0.6) is 0 Å². The van der Waals surface area contributed by atoms with Gasteiger partial charge in [-0.25, -0.2) is 0 Å². The summed E-state index contributed by atoms with van der Waals surface area (Å²) in [5, 5.41) is 5.41. The SMILES string of the molecule is C/C=C(\C)NC(=O)CNC.CC.CC.CC(Cl)/C=C/C=O.CC1=CC=C(c2ccncc2)C=CC1. The van der Waals surface area contributed by atoms with Gasteiger partial charge in [0.1, 0.15) is 6.29 Å². The zero-order valence-corrected chi connectivity index (χ0v) is 23.8. The van der Waals surface area contributed by atoms with Crippen LogP contribution in [0.15, 0.2) is 78.3 Å². The minimum Gasteiger partial charge on any atom is -0.329 e. The van der Waals surface area contributed by atoms with E-state index in [1.54, 1.807) is 20.0 Å². The van der Waals surface area contributed by atoms with Crippen molar-refractivity contribution in [1.82, 2.24) is 15.6 Å². The Hall–Kier alpha value is -2.76. The summed E-state index contributed by atoms with van der Waals surface area (Å²) in [6, 6.07) is 4.06. The van der Waals surface area contributed by atoms with Crippen molar-refractivity contribution in [2.45, 2.75) is 67.2 Å². The number of alkyl halides is 1. The van der Waals surface area contributed by atoms with Crippen molar-refractivity contribution < 1.29 is 9.59 Å². The highest BCUT2D eigenvalue weighted by atomic mass is 35.5. The van der Waals surface area contributed by atoms with E-state index in [4.69, 9.17) is 11.6 Å². The molecule has 2 N–H and O–H groups in total. The Kier molecular flexibility index (Phi) is 28.9. The number of carbonyl (C=O) groups excluding carboxylic acids is 2. The second-order valence-electron chi connectivity index (χ2n) is 6.73. The first kappa shape index (κ1) is 36.8. The Bertz CT molecular complexity index is 808. The van der Waals surface area contributed by atoms with Crippen LogP contribution in [0.25, 0.3) is 5.57 Å². The lowest BCUT2D eigenvalue weighted by Gasteiger charge is -2.02. The lowest BCUT2D eigenvalue weighted by atomic mass is 10.1. The molecule has 0 bridgehead atoms. The number of pyridine rings is 1. The predicted molar refractivity (Wildman–Crippen MR) is 154 cm³/mol. The summed E-state index contributed by atoms with van der Waals surface area (Å²) < 4.78 is 0. The highest BCUT2D eigenvalue weighted by molar-refractivity contribution is 6.21. The smallest absolute Gasteiger partial charge is 0.238 e. The molecule has 1 unspecified atom stereocenters. The number of aldehydes is 1. The molecule has 2 rings (SSSR count). The Morgan fingerprint density at radius 3 is 2.23 bits per heavy atom. The van der Waals surface area contributed by atoms with Crippen LogP contribution in [0, 0.1) is 0 Å². The van der Waals surface area contributed by atoms with E-state index in [1.165, 1.54) is 22.8 Å². The topological polar surface area (TPSA) is 71.1 Å². The molecule has 6 heteroatoms. The summed E-state index contributed by atoms with van der Waals surface area (Å²) >= 11 is 5.41. The number of hydrogen-bond donors (Lipinski definition) is 2. The molecule has 0 fully saturated rings. The normalized spacial score (nSPS) is 12.8. The minimum absolute atomic E-state index is 0.00176. The standard InChI is InChI=1S/C13H13N.C7H14N2O.C5H7ClO.2C2H6/c1-11-3-2-4-12(6-5-11)13-7-9-14-10-8-13;1-4-6(2)9-7(10)5-8-3;1-5(6)3-2-4-7;2*1-2/h2,4-10H,3H2,1H3;4,8H,5H2,1-3H3,(H,9,10);2-5H,1H3;2*1-2H3/b;6-4+;3-2+;;. The molecule has 1 heterocycles. The van der Waals surface area contributed by atoms with E-state index in [1.807, 2.05) is 72.1 Å². The number of allylic oxidation sites excluding steroid dienone is 10. The number of nitrogens with one attached hydrogen (secondary N) is 2. The summed E-state index contributed by atoms with van der Waals surface area (Å²) in [5.74, 6) is -0.00176. The van der Waals surface area contributed by atoms with Gasteiger partial charge in [-0.2, -0.15) is 0 Å². The van der Waals surface area contributed by atoms with E-state index >= 15 is 0 Å². The van der Waals surface area contributed by atoms with Gasteiger partial charge in [-0.05, 0) is 70.5 Å². The van der Waals surface area contributed by atoms with Crippen molar-refractivity contribution in [3.05, 3.63) is 83.9 Å². The van der Waals surface area contributed by atoms with Gasteiger partial charge in [0.05, 0.1) is 6.54 Å². The van der Waals surface area contributed by atoms with Crippen molar-refractivity contribution >= 4 is 29.4 Å². The van der Waals surface area contributed by atoms with Crippen LogP contribution in [0.3, 0.4) is 0 Å². The zero-order valence-electron chi connectivity index (χ0n) is 23.1. The molecule has 0 saturated carbocycles. The van der Waals surface area contributed by atoms with Crippen LogP contribution in [0.1, 0.15) is 67.4 Å². The van der Waals surface area contributed by atoms with E-state index in [0.29, 0.717) is 12.8 Å². The van der Waals surface area contributed by atoms with Gasteiger partial charge in [-0.3, -0.25) is 14.6 Å². The number of halogens is 1. The van der Waals surface area contributed by atoms with E-state index in [-0.39, 0.29) is 11.3 Å². The fourth-order valence-corrected chi connectivity index (χ4v) is 2.24. The Labute approximate surface area is 219 Å². The van der Waals surface area contributed by atoms with Crippen LogP contribution >= 0.6 is 11.6 Å². The fraction of sp³-hybridized carbons (Fsp3) is 0.414. The van der Waals surface area contributed by atoms with Crippen molar-refractivity contribution in [2.24, 2.45) is 0 Å². The first-order valence-electron chi connectivity index (χ1n) is 12.1. The quantitative estimate of drug-likeness (QED) is 0.248. The van der Waals surface area contributed by atoms with Gasteiger partial charge in [0.2, 0.25) is 5.91 Å². The van der Waals surface area contributed by atoms with Crippen molar-refractivity contribution in [3.8, 4) is 0 Å². The minimum atomic E-state index is -0.0369. The van der Waals surface area contributed by atoms with Gasteiger partial charge >= 0.3 is 0 Å². The second kappa shape index (κ2) is 27.5. The Morgan fingerprint density at radius 2 is 1.77 bits per heavy atom. The van der Waals surface area contributed by atoms with Crippen LogP contribution in [-0.2, 0) is 9.59 Å². The molecule has 0 aliphatic heterocycles. The fourth-order valence-electron chi connectivity index (χ4n) is 2.16. The Balaban J connectivity index is -0.000000432. The molecule has 0 aromatic carbocycles. The van der Waals surface area contributed by atoms with Crippen LogP contribution in [0.2, 0.25) is 0 Å². The predicted octanol–water partition coefficient (Wildman–Crippen LogP) is 7.04. The van der Waals surface area contributed by atoms with Gasteiger partial charge in [0.25, 0.3) is 0 Å². The van der Waals surface area contributed by atoms with E-state index in [0.717, 1.165) is 12.1 Å². The molecule has 35 heavy (non-hydrogen) atoms. The molecule has 1 aliphatic carbocycles. The maximum atomic E-state index is 10.8. The lowest BCUT2D eigenvalue weighted by Crippen LogP contribution is -2.30. The number of likely N-dealkylation sites (N-methyl/N-ethyl adjacent to an activating group) is 1. The van der Waals surface area contributed by atoms with Gasteiger partial charge in [0, 0.05) is 23.5 Å². The molecule has 5 nitrogen and oxygen atoms in total. The molecular formula is C29H46ClN3O2. The number of aromatic nitrogens is 1. The van der Waals surface area contributed by atoms with E-state index in [9.17, 15) is 9.59 Å². The summed E-state index contributed by atoms with van der Waals surface area (Å²) in [6.45, 7) is 16.0. The molecule has 1 amide bonds. The molecule has 1 aromatic rings. The van der Waals surface area contributed by atoms with Crippen LogP contribution in [0.4, 0.5) is 0 Å². The number of carbonyl (C=O) groups is 2. The van der Waals surface area contributed by atoms with Crippen molar-refractivity contribution in [2.75, 3.05) is 13.6 Å². The molecule has 0 radical (unpaired) electrons. The van der Waals surface area contributed by atoms with Crippen molar-refractivity contribution in [1.29, 1.82) is 0 Å². The maximum absolute atomic E-state index is 10.8. The second-order valence-corrected chi connectivity index (χ2v) is 7.41. The molecule has 1 atom stereocenters. The van der Waals surface area contributed by atoms with Gasteiger partial charge in [0.15, 0.2) is 0 Å². The third-order valence-corrected chi connectivity index (χ3v) is 4.01. The summed E-state index contributed by atoms with van der Waals surface area (Å²) in [6.07, 6.45) is 19.0. The number of rotatable bonds is 6. The highest BCUT2D eigenvalue weighted by Gasteiger charge is 1.98. The zero-order chi connectivity index (χ0) is 27.5. The van der Waals surface area contributed by atoms with Gasteiger partial charge in [-0.15, -0.1) is 11.6 Å². The van der Waals surface area contributed by atoms with Gasteiger partial charge in [-0.1, -0.05) is 69.7 Å². The van der Waals surface area contributed by atoms with Gasteiger partial charge < -0.3 is 10.6 Å². The molecule has 0 saturated heterocycles. The largest absolute Gasteiger partial charge is 0.329 e. The molecule has 196 valence electrons. The molecule has 1 aromatic heterocycles.